The molecule has 2 aromatic carbocycles. The molecule has 0 heterocycles. The summed E-state index contributed by atoms with van der Waals surface area (Å²) in [5, 5.41) is 3.80. The number of carbonyl (C=O) groups is 2. The monoisotopic (exact) mass is 406 g/mol. The van der Waals surface area contributed by atoms with E-state index in [0.29, 0.717) is 22.2 Å². The lowest BCUT2D eigenvalue weighted by molar-refractivity contribution is -0.133. The topological polar surface area (TPSA) is 49.4 Å². The predicted octanol–water partition coefficient (Wildman–Crippen LogP) is 4.71. The summed E-state index contributed by atoms with van der Waals surface area (Å²) in [4.78, 5) is 27.2. The van der Waals surface area contributed by atoms with Gasteiger partial charge in [0.25, 0.3) is 5.91 Å². The summed E-state index contributed by atoms with van der Waals surface area (Å²) in [6, 6.07) is 12.0. The van der Waals surface area contributed by atoms with Crippen LogP contribution in [0.1, 0.15) is 35.3 Å². The molecule has 0 spiro atoms. The first kappa shape index (κ1) is 21.3. The summed E-state index contributed by atoms with van der Waals surface area (Å²) >= 11 is 12.0. The normalized spacial score (nSPS) is 12.0. The Morgan fingerprint density at radius 3 is 2.33 bits per heavy atom. The molecule has 0 saturated carbocycles. The summed E-state index contributed by atoms with van der Waals surface area (Å²) in [7, 11) is 1.71. The Balaban J connectivity index is 2.12. The molecule has 0 aliphatic carbocycles. The number of rotatable bonds is 6. The van der Waals surface area contributed by atoms with Gasteiger partial charge in [-0.05, 0) is 42.2 Å². The Hall–Kier alpha value is -2.04. The van der Waals surface area contributed by atoms with E-state index >= 15 is 0 Å². The summed E-state index contributed by atoms with van der Waals surface area (Å²) in [5.41, 5.74) is 2.31. The van der Waals surface area contributed by atoms with E-state index < -0.39 is 6.04 Å². The number of aryl methyl sites for hydroxylation is 1. The Morgan fingerprint density at radius 2 is 1.74 bits per heavy atom. The molecule has 27 heavy (non-hydrogen) atoms. The number of hydrogen-bond acceptors (Lipinski definition) is 2. The molecule has 0 aliphatic heterocycles. The number of benzene rings is 2. The highest BCUT2D eigenvalue weighted by Crippen LogP contribution is 2.23. The predicted molar refractivity (Wildman–Crippen MR) is 110 cm³/mol. The second kappa shape index (κ2) is 9.25. The van der Waals surface area contributed by atoms with Gasteiger partial charge in [0.2, 0.25) is 5.91 Å². The van der Waals surface area contributed by atoms with Gasteiger partial charge in [-0.15, -0.1) is 0 Å². The third-order valence-corrected chi connectivity index (χ3v) is 5.13. The van der Waals surface area contributed by atoms with Gasteiger partial charge < -0.3 is 10.2 Å². The maximum Gasteiger partial charge on any atom is 0.252 e. The zero-order chi connectivity index (χ0) is 20.1. The van der Waals surface area contributed by atoms with Gasteiger partial charge in [0.05, 0.1) is 10.0 Å². The molecule has 1 unspecified atom stereocenters. The van der Waals surface area contributed by atoms with Crippen LogP contribution in [0.25, 0.3) is 0 Å². The molecule has 144 valence electrons. The van der Waals surface area contributed by atoms with Crippen LogP contribution in [0.4, 0.5) is 0 Å². The number of likely N-dealkylation sites (N-methyl/N-ethyl adjacent to an activating group) is 1. The van der Waals surface area contributed by atoms with Gasteiger partial charge >= 0.3 is 0 Å². The highest BCUT2D eigenvalue weighted by atomic mass is 35.5. The van der Waals surface area contributed by atoms with Crippen molar-refractivity contribution in [1.29, 1.82) is 0 Å². The van der Waals surface area contributed by atoms with E-state index in [9.17, 15) is 9.59 Å². The summed E-state index contributed by atoms with van der Waals surface area (Å²) in [6.45, 7) is 6.07. The van der Waals surface area contributed by atoms with Gasteiger partial charge in [0.15, 0.2) is 0 Å². The molecule has 0 bridgehead atoms. The fraction of sp³-hybridized carbons (Fsp3) is 0.333. The summed E-state index contributed by atoms with van der Waals surface area (Å²) in [5.74, 6) is -0.456. The zero-order valence-electron chi connectivity index (χ0n) is 15.9. The van der Waals surface area contributed by atoms with Crippen molar-refractivity contribution in [2.24, 2.45) is 5.92 Å². The van der Waals surface area contributed by atoms with E-state index in [0.717, 1.165) is 11.1 Å². The minimum Gasteiger partial charge on any atom is -0.340 e. The van der Waals surface area contributed by atoms with Crippen LogP contribution in [-0.2, 0) is 11.3 Å². The zero-order valence-corrected chi connectivity index (χ0v) is 17.4. The number of hydrogen-bond donors (Lipinski definition) is 1. The third-order valence-electron chi connectivity index (χ3n) is 4.39. The first-order valence-electron chi connectivity index (χ1n) is 8.76. The maximum atomic E-state index is 12.9. The molecule has 0 radical (unpaired) electrons. The van der Waals surface area contributed by atoms with Crippen molar-refractivity contribution in [3.8, 4) is 0 Å². The highest BCUT2D eigenvalue weighted by Gasteiger charge is 2.27. The lowest BCUT2D eigenvalue weighted by Crippen LogP contribution is -2.50. The molecule has 4 nitrogen and oxygen atoms in total. The Morgan fingerprint density at radius 1 is 1.07 bits per heavy atom. The van der Waals surface area contributed by atoms with Crippen LogP contribution in [0, 0.1) is 12.8 Å². The van der Waals surface area contributed by atoms with Gasteiger partial charge in [-0.25, -0.2) is 0 Å². The van der Waals surface area contributed by atoms with Crippen LogP contribution < -0.4 is 5.32 Å². The molecular weight excluding hydrogens is 383 g/mol. The molecule has 0 aromatic heterocycles. The van der Waals surface area contributed by atoms with Crippen molar-refractivity contribution in [2.75, 3.05) is 7.05 Å². The van der Waals surface area contributed by atoms with Crippen molar-refractivity contribution in [3.05, 3.63) is 69.2 Å². The molecular formula is C21H24Cl2N2O2. The second-order valence-electron chi connectivity index (χ2n) is 6.95. The number of halogens is 2. The lowest BCUT2D eigenvalue weighted by Gasteiger charge is -2.27. The van der Waals surface area contributed by atoms with E-state index in [2.05, 4.69) is 5.32 Å². The Bertz CT molecular complexity index is 837. The van der Waals surface area contributed by atoms with Crippen molar-refractivity contribution >= 4 is 35.0 Å². The van der Waals surface area contributed by atoms with Crippen LogP contribution in [0.15, 0.2) is 42.5 Å². The molecule has 2 rings (SSSR count). The average Bonchev–Trinajstić information content (AvgIpc) is 2.62. The van der Waals surface area contributed by atoms with E-state index in [4.69, 9.17) is 23.2 Å². The Labute approximate surface area is 170 Å². The fourth-order valence-electron chi connectivity index (χ4n) is 2.79. The van der Waals surface area contributed by atoms with Crippen LogP contribution in [0.2, 0.25) is 10.0 Å². The minimum absolute atomic E-state index is 0.0540. The molecule has 2 amide bonds. The standard InChI is InChI=1S/C21H24Cl2N2O2/c1-13(2)19(24-20(26)16-8-6-5-7-14(16)3)21(27)25(4)12-15-9-10-17(22)18(23)11-15/h5-11,13,19H,12H2,1-4H3,(H,24,26). The fourth-order valence-corrected chi connectivity index (χ4v) is 3.11. The molecule has 0 aliphatic rings. The smallest absolute Gasteiger partial charge is 0.252 e. The minimum atomic E-state index is -0.620. The van der Waals surface area contributed by atoms with Crippen molar-refractivity contribution in [3.63, 3.8) is 0 Å². The molecule has 0 saturated heterocycles. The van der Waals surface area contributed by atoms with Crippen molar-refractivity contribution in [1.82, 2.24) is 10.2 Å². The molecule has 0 fully saturated rings. The van der Waals surface area contributed by atoms with Gasteiger partial charge in [-0.2, -0.15) is 0 Å². The molecule has 1 atom stereocenters. The van der Waals surface area contributed by atoms with Gasteiger partial charge in [0, 0.05) is 19.2 Å². The Kier molecular flexibility index (Phi) is 7.28. The second-order valence-corrected chi connectivity index (χ2v) is 7.77. The number of amides is 2. The van der Waals surface area contributed by atoms with E-state index in [1.54, 1.807) is 30.1 Å². The van der Waals surface area contributed by atoms with Crippen LogP contribution in [0.5, 0.6) is 0 Å². The molecule has 6 heteroatoms. The number of carbonyl (C=O) groups excluding carboxylic acids is 2. The van der Waals surface area contributed by atoms with E-state index in [-0.39, 0.29) is 17.7 Å². The van der Waals surface area contributed by atoms with E-state index in [1.807, 2.05) is 45.0 Å². The molecule has 1 N–H and O–H groups in total. The highest BCUT2D eigenvalue weighted by molar-refractivity contribution is 6.42. The van der Waals surface area contributed by atoms with E-state index in [1.165, 1.54) is 0 Å². The maximum absolute atomic E-state index is 12.9. The van der Waals surface area contributed by atoms with Crippen LogP contribution in [-0.4, -0.2) is 29.8 Å². The SMILES string of the molecule is Cc1ccccc1C(=O)NC(C(=O)N(C)Cc1ccc(Cl)c(Cl)c1)C(C)C. The van der Waals surface area contributed by atoms with Crippen LogP contribution in [0.3, 0.4) is 0 Å². The number of nitrogens with zero attached hydrogens (tertiary/aromatic N) is 1. The summed E-state index contributed by atoms with van der Waals surface area (Å²) in [6.07, 6.45) is 0. The number of nitrogens with one attached hydrogen (secondary N) is 1. The first-order valence-corrected chi connectivity index (χ1v) is 9.51. The van der Waals surface area contributed by atoms with Crippen molar-refractivity contribution < 1.29 is 9.59 Å². The lowest BCUT2D eigenvalue weighted by atomic mass is 10.0. The quantitative estimate of drug-likeness (QED) is 0.754. The third kappa shape index (κ3) is 5.47. The average molecular weight is 407 g/mol. The van der Waals surface area contributed by atoms with Gasteiger partial charge in [-0.1, -0.05) is 61.3 Å². The van der Waals surface area contributed by atoms with Crippen molar-refractivity contribution in [2.45, 2.75) is 33.4 Å². The van der Waals surface area contributed by atoms with Gasteiger partial charge in [-0.3, -0.25) is 9.59 Å². The largest absolute Gasteiger partial charge is 0.340 e. The first-order chi connectivity index (χ1) is 12.7. The van der Waals surface area contributed by atoms with Crippen LogP contribution >= 0.6 is 23.2 Å². The summed E-state index contributed by atoms with van der Waals surface area (Å²) < 4.78 is 0. The molecule has 2 aromatic rings. The van der Waals surface area contributed by atoms with Gasteiger partial charge in [0.1, 0.15) is 6.04 Å².